The van der Waals surface area contributed by atoms with Gasteiger partial charge >= 0.3 is 0 Å². The third kappa shape index (κ3) is 4.93. The number of methoxy groups -OCH3 is 2. The van der Waals surface area contributed by atoms with Gasteiger partial charge in [-0.25, -0.2) is 12.4 Å². The lowest BCUT2D eigenvalue weighted by molar-refractivity contribution is -0.255. The standard InChI is InChI=1S/C20H25NO7S/c1-25-19(26-2)17(20-27-11-6-12-28-20)13-18(22)15-9-10-21(14-15)29(23,24)16-7-4-3-5-8-16/h3-5,7-10,14,17,19-20H,6,11-13H2,1-2H3. The van der Waals surface area contributed by atoms with Crippen molar-refractivity contribution < 1.29 is 32.2 Å². The average Bonchev–Trinajstić information content (AvgIpc) is 3.26. The number of hydrogen-bond acceptors (Lipinski definition) is 7. The third-order valence-corrected chi connectivity index (χ3v) is 6.40. The number of carbonyl (C=O) groups excluding carboxylic acids is 1. The van der Waals surface area contributed by atoms with Crippen molar-refractivity contribution in [1.29, 1.82) is 0 Å². The van der Waals surface area contributed by atoms with Gasteiger partial charge in [-0.05, 0) is 24.6 Å². The molecule has 0 spiro atoms. The van der Waals surface area contributed by atoms with Crippen LogP contribution in [0.5, 0.6) is 0 Å². The molecule has 1 aromatic carbocycles. The van der Waals surface area contributed by atoms with Crippen LogP contribution in [0.2, 0.25) is 0 Å². The number of rotatable bonds is 9. The van der Waals surface area contributed by atoms with Crippen molar-refractivity contribution in [2.45, 2.75) is 30.3 Å². The highest BCUT2D eigenvalue weighted by atomic mass is 32.2. The normalized spacial score (nSPS) is 16.8. The summed E-state index contributed by atoms with van der Waals surface area (Å²) in [6, 6.07) is 9.52. The Balaban J connectivity index is 1.79. The lowest BCUT2D eigenvalue weighted by Crippen LogP contribution is -2.41. The van der Waals surface area contributed by atoms with E-state index in [4.69, 9.17) is 18.9 Å². The number of nitrogens with zero attached hydrogens (tertiary/aromatic N) is 1. The first-order valence-corrected chi connectivity index (χ1v) is 10.7. The minimum Gasteiger partial charge on any atom is -0.355 e. The predicted molar refractivity (Wildman–Crippen MR) is 104 cm³/mol. The zero-order chi connectivity index (χ0) is 20.9. The van der Waals surface area contributed by atoms with Crippen molar-refractivity contribution in [3.8, 4) is 0 Å². The van der Waals surface area contributed by atoms with Crippen LogP contribution in [0.4, 0.5) is 0 Å². The minimum absolute atomic E-state index is 0.0202. The van der Waals surface area contributed by atoms with E-state index in [0.717, 1.165) is 10.4 Å². The van der Waals surface area contributed by atoms with Crippen LogP contribution in [-0.2, 0) is 29.0 Å². The SMILES string of the molecule is COC(OC)C(CC(=O)c1ccn(S(=O)(=O)c2ccccc2)c1)C1OCCCO1. The summed E-state index contributed by atoms with van der Waals surface area (Å²) in [5.74, 6) is -0.749. The zero-order valence-electron chi connectivity index (χ0n) is 16.4. The molecule has 158 valence electrons. The molecule has 1 unspecified atom stereocenters. The van der Waals surface area contributed by atoms with Gasteiger partial charge in [0.2, 0.25) is 0 Å². The van der Waals surface area contributed by atoms with Crippen LogP contribution in [0, 0.1) is 5.92 Å². The maximum absolute atomic E-state index is 12.9. The summed E-state index contributed by atoms with van der Waals surface area (Å²) in [5.41, 5.74) is 0.274. The number of aromatic nitrogens is 1. The third-order valence-electron chi connectivity index (χ3n) is 4.75. The van der Waals surface area contributed by atoms with Crippen molar-refractivity contribution in [2.24, 2.45) is 5.92 Å². The summed E-state index contributed by atoms with van der Waals surface area (Å²) in [5, 5.41) is 0. The van der Waals surface area contributed by atoms with Crippen LogP contribution < -0.4 is 0 Å². The molecule has 1 aliphatic heterocycles. The van der Waals surface area contributed by atoms with E-state index in [0.29, 0.717) is 13.2 Å². The molecule has 0 bridgehead atoms. The van der Waals surface area contributed by atoms with Crippen LogP contribution in [0.3, 0.4) is 0 Å². The Kier molecular flexibility index (Phi) is 7.20. The number of ketones is 1. The second-order valence-corrected chi connectivity index (χ2v) is 8.49. The fourth-order valence-electron chi connectivity index (χ4n) is 3.26. The average molecular weight is 423 g/mol. The van der Waals surface area contributed by atoms with E-state index in [9.17, 15) is 13.2 Å². The van der Waals surface area contributed by atoms with Crippen LogP contribution in [0.15, 0.2) is 53.7 Å². The Morgan fingerprint density at radius 3 is 2.41 bits per heavy atom. The summed E-state index contributed by atoms with van der Waals surface area (Å²) in [6.07, 6.45) is 2.15. The van der Waals surface area contributed by atoms with Gasteiger partial charge in [-0.3, -0.25) is 4.79 Å². The van der Waals surface area contributed by atoms with E-state index in [1.807, 2.05) is 0 Å². The monoisotopic (exact) mass is 423 g/mol. The summed E-state index contributed by atoms with van der Waals surface area (Å²) < 4.78 is 48.4. The Hall–Kier alpha value is -2.04. The summed E-state index contributed by atoms with van der Waals surface area (Å²) in [4.78, 5) is 13.0. The Bertz CT molecular complexity index is 900. The zero-order valence-corrected chi connectivity index (χ0v) is 17.2. The molecule has 1 aliphatic rings. The highest BCUT2D eigenvalue weighted by molar-refractivity contribution is 7.90. The van der Waals surface area contributed by atoms with E-state index in [2.05, 4.69) is 0 Å². The molecule has 29 heavy (non-hydrogen) atoms. The van der Waals surface area contributed by atoms with Gasteiger partial charge in [-0.1, -0.05) is 18.2 Å². The molecule has 0 N–H and O–H groups in total. The molecule has 1 fully saturated rings. The van der Waals surface area contributed by atoms with Crippen LogP contribution >= 0.6 is 0 Å². The number of carbonyl (C=O) groups is 1. The molecule has 9 heteroatoms. The molecule has 0 radical (unpaired) electrons. The van der Waals surface area contributed by atoms with Crippen LogP contribution in [0.25, 0.3) is 0 Å². The molecule has 1 atom stereocenters. The van der Waals surface area contributed by atoms with Gasteiger partial charge in [0.1, 0.15) is 0 Å². The quantitative estimate of drug-likeness (QED) is 0.451. The van der Waals surface area contributed by atoms with Crippen LogP contribution in [-0.4, -0.2) is 58.2 Å². The summed E-state index contributed by atoms with van der Waals surface area (Å²) in [6.45, 7) is 1.06. The fourth-order valence-corrected chi connectivity index (χ4v) is 4.48. The topological polar surface area (TPSA) is 93.1 Å². The van der Waals surface area contributed by atoms with Gasteiger partial charge in [0.15, 0.2) is 18.4 Å². The lowest BCUT2D eigenvalue weighted by atomic mass is 9.97. The van der Waals surface area contributed by atoms with E-state index >= 15 is 0 Å². The van der Waals surface area contributed by atoms with Gasteiger partial charge in [0, 0.05) is 38.6 Å². The fraction of sp³-hybridized carbons (Fsp3) is 0.450. The molecule has 3 rings (SSSR count). The van der Waals surface area contributed by atoms with E-state index in [1.54, 1.807) is 18.2 Å². The van der Waals surface area contributed by atoms with E-state index in [1.165, 1.54) is 44.8 Å². The Labute approximate surface area is 170 Å². The first kappa shape index (κ1) is 21.7. The molecular weight excluding hydrogens is 398 g/mol. The van der Waals surface area contributed by atoms with Gasteiger partial charge in [-0.2, -0.15) is 0 Å². The first-order valence-electron chi connectivity index (χ1n) is 9.28. The first-order chi connectivity index (χ1) is 14.0. The molecule has 0 saturated carbocycles. The summed E-state index contributed by atoms with van der Waals surface area (Å²) in [7, 11) is -0.794. The smallest absolute Gasteiger partial charge is 0.267 e. The predicted octanol–water partition coefficient (Wildman–Crippen LogP) is 2.30. The number of ether oxygens (including phenoxy) is 4. The molecule has 2 aromatic rings. The van der Waals surface area contributed by atoms with Crippen LogP contribution in [0.1, 0.15) is 23.2 Å². The second kappa shape index (κ2) is 9.64. The molecular formula is C20H25NO7S. The van der Waals surface area contributed by atoms with Crippen molar-refractivity contribution >= 4 is 15.8 Å². The number of hydrogen-bond donors (Lipinski definition) is 0. The maximum Gasteiger partial charge on any atom is 0.267 e. The summed E-state index contributed by atoms with van der Waals surface area (Å²) >= 11 is 0. The molecule has 2 heterocycles. The van der Waals surface area contributed by atoms with Gasteiger partial charge in [0.25, 0.3) is 10.0 Å². The van der Waals surface area contributed by atoms with Gasteiger partial charge in [0.05, 0.1) is 24.0 Å². The lowest BCUT2D eigenvalue weighted by Gasteiger charge is -2.33. The molecule has 0 amide bonds. The van der Waals surface area contributed by atoms with E-state index in [-0.39, 0.29) is 22.7 Å². The van der Waals surface area contributed by atoms with Crippen molar-refractivity contribution in [2.75, 3.05) is 27.4 Å². The van der Waals surface area contributed by atoms with Gasteiger partial charge < -0.3 is 18.9 Å². The molecule has 1 aromatic heterocycles. The maximum atomic E-state index is 12.9. The van der Waals surface area contributed by atoms with E-state index < -0.39 is 28.5 Å². The Morgan fingerprint density at radius 1 is 1.14 bits per heavy atom. The molecule has 0 aliphatic carbocycles. The second-order valence-electron chi connectivity index (χ2n) is 6.64. The highest BCUT2D eigenvalue weighted by Gasteiger charge is 2.35. The van der Waals surface area contributed by atoms with Crippen molar-refractivity contribution in [1.82, 2.24) is 3.97 Å². The van der Waals surface area contributed by atoms with Crippen molar-refractivity contribution in [3.63, 3.8) is 0 Å². The van der Waals surface area contributed by atoms with Gasteiger partial charge in [-0.15, -0.1) is 0 Å². The largest absolute Gasteiger partial charge is 0.355 e. The Morgan fingerprint density at radius 2 is 1.79 bits per heavy atom. The number of Topliss-reactive ketones (excluding diaryl/α,β-unsaturated/α-hetero) is 1. The minimum atomic E-state index is -3.76. The highest BCUT2D eigenvalue weighted by Crippen LogP contribution is 2.26. The number of benzene rings is 1. The molecule has 1 saturated heterocycles. The molecule has 8 nitrogen and oxygen atoms in total. The van der Waals surface area contributed by atoms with Crippen molar-refractivity contribution in [3.05, 3.63) is 54.4 Å².